The van der Waals surface area contributed by atoms with E-state index in [0.717, 1.165) is 4.47 Å². The first kappa shape index (κ1) is 11.3. The van der Waals surface area contributed by atoms with Crippen LogP contribution in [-0.4, -0.2) is 12.6 Å². The minimum Gasteiger partial charge on any atom is -0.338 e. The number of halogens is 2. The number of rotatable bonds is 2. The van der Waals surface area contributed by atoms with Crippen LogP contribution in [0, 0.1) is 0 Å². The summed E-state index contributed by atoms with van der Waals surface area (Å²) in [5.41, 5.74) is 0.671. The molecule has 0 unspecified atom stereocenters. The van der Waals surface area contributed by atoms with Crippen LogP contribution in [0.3, 0.4) is 0 Å². The van der Waals surface area contributed by atoms with Crippen molar-refractivity contribution in [3.8, 4) is 0 Å². The molecule has 1 aromatic carbocycles. The number of carbonyl (C=O) groups excluding carboxylic acids is 1. The van der Waals surface area contributed by atoms with E-state index in [1.54, 1.807) is 18.2 Å². The van der Waals surface area contributed by atoms with Gasteiger partial charge in [-0.15, -0.1) is 0 Å². The lowest BCUT2D eigenvalue weighted by Crippen LogP contribution is -2.28. The fourth-order valence-corrected chi connectivity index (χ4v) is 1.34. The summed E-state index contributed by atoms with van der Waals surface area (Å²) in [7, 11) is 0. The van der Waals surface area contributed by atoms with Gasteiger partial charge in [-0.1, -0.05) is 11.6 Å². The van der Waals surface area contributed by atoms with Gasteiger partial charge in [-0.3, -0.25) is 0 Å². The lowest BCUT2D eigenvalue weighted by atomic mass is 10.3. The second kappa shape index (κ2) is 5.22. The summed E-state index contributed by atoms with van der Waals surface area (Å²) in [6.07, 6.45) is 0. The van der Waals surface area contributed by atoms with Crippen molar-refractivity contribution in [1.82, 2.24) is 5.32 Å². The lowest BCUT2D eigenvalue weighted by Gasteiger charge is -2.06. The summed E-state index contributed by atoms with van der Waals surface area (Å²) in [5.74, 6) is 0. The normalized spacial score (nSPS) is 9.64. The van der Waals surface area contributed by atoms with Gasteiger partial charge in [0, 0.05) is 16.7 Å². The van der Waals surface area contributed by atoms with Crippen LogP contribution in [0.25, 0.3) is 0 Å². The number of benzene rings is 1. The third-order valence-corrected chi connectivity index (χ3v) is 2.75. The Hall–Kier alpha value is -0.740. The third kappa shape index (κ3) is 3.20. The van der Waals surface area contributed by atoms with Gasteiger partial charge in [0.2, 0.25) is 0 Å². The smallest absolute Gasteiger partial charge is 0.319 e. The Morgan fingerprint density at radius 3 is 2.86 bits per heavy atom. The molecule has 0 atom stereocenters. The number of carbonyl (C=O) groups is 1. The van der Waals surface area contributed by atoms with Gasteiger partial charge in [0.1, 0.15) is 0 Å². The van der Waals surface area contributed by atoms with Crippen LogP contribution in [0.2, 0.25) is 5.02 Å². The number of nitrogens with one attached hydrogen (secondary N) is 2. The van der Waals surface area contributed by atoms with Crippen LogP contribution >= 0.6 is 27.5 Å². The van der Waals surface area contributed by atoms with E-state index in [1.165, 1.54) is 0 Å². The molecule has 0 bridgehead atoms. The zero-order valence-corrected chi connectivity index (χ0v) is 9.95. The molecule has 0 aliphatic heterocycles. The molecule has 1 aromatic rings. The fraction of sp³-hybridized carbons (Fsp3) is 0.222. The van der Waals surface area contributed by atoms with E-state index < -0.39 is 0 Å². The first-order chi connectivity index (χ1) is 6.63. The molecule has 0 heterocycles. The van der Waals surface area contributed by atoms with Crippen molar-refractivity contribution in [3.63, 3.8) is 0 Å². The van der Waals surface area contributed by atoms with E-state index in [2.05, 4.69) is 26.6 Å². The summed E-state index contributed by atoms with van der Waals surface area (Å²) in [6.45, 7) is 2.45. The molecular weight excluding hydrogens is 267 g/mol. The van der Waals surface area contributed by atoms with E-state index in [1.807, 2.05) is 6.92 Å². The monoisotopic (exact) mass is 276 g/mol. The minimum atomic E-state index is -0.231. The Morgan fingerprint density at radius 1 is 1.57 bits per heavy atom. The molecule has 2 N–H and O–H groups in total. The van der Waals surface area contributed by atoms with Crippen LogP contribution in [0.15, 0.2) is 22.7 Å². The SMILES string of the molecule is CCNC(=O)Nc1ccc(Br)c(Cl)c1. The van der Waals surface area contributed by atoms with Crippen LogP contribution < -0.4 is 10.6 Å². The van der Waals surface area contributed by atoms with Gasteiger partial charge in [0.05, 0.1) is 5.02 Å². The molecule has 0 radical (unpaired) electrons. The highest BCUT2D eigenvalue weighted by molar-refractivity contribution is 9.10. The molecule has 1 rings (SSSR count). The summed E-state index contributed by atoms with van der Waals surface area (Å²) in [6, 6.07) is 5.00. The van der Waals surface area contributed by atoms with Gasteiger partial charge in [-0.25, -0.2) is 4.79 Å². The Morgan fingerprint density at radius 2 is 2.29 bits per heavy atom. The van der Waals surface area contributed by atoms with Crippen molar-refractivity contribution >= 4 is 39.2 Å². The number of urea groups is 1. The molecular formula is C9H10BrClN2O. The molecule has 0 saturated carbocycles. The molecule has 2 amide bonds. The molecule has 14 heavy (non-hydrogen) atoms. The lowest BCUT2D eigenvalue weighted by molar-refractivity contribution is 0.252. The fourth-order valence-electron chi connectivity index (χ4n) is 0.910. The number of amides is 2. The van der Waals surface area contributed by atoms with Crippen molar-refractivity contribution in [2.24, 2.45) is 0 Å². The van der Waals surface area contributed by atoms with Gasteiger partial charge in [0.25, 0.3) is 0 Å². The van der Waals surface area contributed by atoms with E-state index in [4.69, 9.17) is 11.6 Å². The molecule has 0 aliphatic carbocycles. The predicted octanol–water partition coefficient (Wildman–Crippen LogP) is 3.24. The summed E-state index contributed by atoms with van der Waals surface area (Å²) in [5, 5.41) is 5.85. The van der Waals surface area contributed by atoms with Gasteiger partial charge in [0.15, 0.2) is 0 Å². The summed E-state index contributed by atoms with van der Waals surface area (Å²) in [4.78, 5) is 11.1. The predicted molar refractivity (Wildman–Crippen MR) is 61.8 cm³/mol. The van der Waals surface area contributed by atoms with Gasteiger partial charge in [-0.05, 0) is 41.1 Å². The first-order valence-corrected chi connectivity index (χ1v) is 5.30. The Labute approximate surface area is 96.0 Å². The number of anilines is 1. The van der Waals surface area contributed by atoms with Crippen molar-refractivity contribution in [2.75, 3.05) is 11.9 Å². The molecule has 5 heteroatoms. The van der Waals surface area contributed by atoms with Crippen LogP contribution in [0.4, 0.5) is 10.5 Å². The standard InChI is InChI=1S/C9H10BrClN2O/c1-2-12-9(14)13-6-3-4-7(10)8(11)5-6/h3-5H,2H2,1H3,(H2,12,13,14). The number of hydrogen-bond acceptors (Lipinski definition) is 1. The van der Waals surface area contributed by atoms with E-state index >= 15 is 0 Å². The zero-order chi connectivity index (χ0) is 10.6. The van der Waals surface area contributed by atoms with E-state index in [9.17, 15) is 4.79 Å². The first-order valence-electron chi connectivity index (χ1n) is 4.13. The van der Waals surface area contributed by atoms with Crippen molar-refractivity contribution in [1.29, 1.82) is 0 Å². The van der Waals surface area contributed by atoms with Crippen molar-refractivity contribution in [3.05, 3.63) is 27.7 Å². The van der Waals surface area contributed by atoms with Gasteiger partial charge in [-0.2, -0.15) is 0 Å². The largest absolute Gasteiger partial charge is 0.338 e. The van der Waals surface area contributed by atoms with E-state index in [0.29, 0.717) is 17.3 Å². The number of hydrogen-bond donors (Lipinski definition) is 2. The highest BCUT2D eigenvalue weighted by Crippen LogP contribution is 2.25. The van der Waals surface area contributed by atoms with Crippen molar-refractivity contribution in [2.45, 2.75) is 6.92 Å². The topological polar surface area (TPSA) is 41.1 Å². The highest BCUT2D eigenvalue weighted by Gasteiger charge is 2.02. The maximum absolute atomic E-state index is 11.1. The van der Waals surface area contributed by atoms with Gasteiger partial charge < -0.3 is 10.6 Å². The average Bonchev–Trinajstić information content (AvgIpc) is 2.12. The second-order valence-electron chi connectivity index (χ2n) is 2.61. The Bertz CT molecular complexity index is 344. The summed E-state index contributed by atoms with van der Waals surface area (Å²) >= 11 is 9.12. The van der Waals surface area contributed by atoms with Crippen LogP contribution in [0.1, 0.15) is 6.92 Å². The molecule has 76 valence electrons. The average molecular weight is 278 g/mol. The quantitative estimate of drug-likeness (QED) is 0.856. The minimum absolute atomic E-state index is 0.231. The van der Waals surface area contributed by atoms with E-state index in [-0.39, 0.29) is 6.03 Å². The summed E-state index contributed by atoms with van der Waals surface area (Å²) < 4.78 is 0.806. The Kier molecular flexibility index (Phi) is 4.22. The third-order valence-electron chi connectivity index (χ3n) is 1.51. The van der Waals surface area contributed by atoms with Crippen molar-refractivity contribution < 1.29 is 4.79 Å². The maximum Gasteiger partial charge on any atom is 0.319 e. The zero-order valence-electron chi connectivity index (χ0n) is 7.60. The van der Waals surface area contributed by atoms with Gasteiger partial charge >= 0.3 is 6.03 Å². The Balaban J connectivity index is 2.68. The molecule has 0 spiro atoms. The second-order valence-corrected chi connectivity index (χ2v) is 3.87. The molecule has 0 fully saturated rings. The highest BCUT2D eigenvalue weighted by atomic mass is 79.9. The maximum atomic E-state index is 11.1. The molecule has 3 nitrogen and oxygen atoms in total. The van der Waals surface area contributed by atoms with Crippen LogP contribution in [0.5, 0.6) is 0 Å². The van der Waals surface area contributed by atoms with Crippen LogP contribution in [-0.2, 0) is 0 Å². The molecule has 0 aromatic heterocycles. The molecule has 0 saturated heterocycles. The molecule has 0 aliphatic rings.